The van der Waals surface area contributed by atoms with Gasteiger partial charge in [0.1, 0.15) is 0 Å². The second kappa shape index (κ2) is 4.44. The molecule has 1 fully saturated rings. The standard InChI is InChI=1S/C11H18N2O3S/c1-9-3-6-13(11(9)8-14)17(15,16)10-4-5-12(2)7-10/h4-5,7,9,11,14H,3,6,8H2,1-2H3. The third kappa shape index (κ3) is 2.12. The lowest BCUT2D eigenvalue weighted by atomic mass is 10.0. The van der Waals surface area contributed by atoms with Gasteiger partial charge in [-0.05, 0) is 18.4 Å². The lowest BCUT2D eigenvalue weighted by Gasteiger charge is -2.23. The smallest absolute Gasteiger partial charge is 0.244 e. The highest BCUT2D eigenvalue weighted by molar-refractivity contribution is 7.89. The highest BCUT2D eigenvalue weighted by Crippen LogP contribution is 2.29. The van der Waals surface area contributed by atoms with Crippen molar-refractivity contribution in [3.05, 3.63) is 18.5 Å². The third-order valence-corrected chi connectivity index (χ3v) is 5.34. The molecule has 0 aliphatic carbocycles. The average Bonchev–Trinajstić information content (AvgIpc) is 2.84. The monoisotopic (exact) mass is 258 g/mol. The van der Waals surface area contributed by atoms with Gasteiger partial charge in [0.15, 0.2) is 0 Å². The van der Waals surface area contributed by atoms with Gasteiger partial charge in [-0.3, -0.25) is 0 Å². The first-order chi connectivity index (χ1) is 7.96. The van der Waals surface area contributed by atoms with Gasteiger partial charge in [-0.15, -0.1) is 0 Å². The van der Waals surface area contributed by atoms with Crippen molar-refractivity contribution in [2.75, 3.05) is 13.2 Å². The van der Waals surface area contributed by atoms with Crippen molar-refractivity contribution >= 4 is 10.0 Å². The Hall–Kier alpha value is -0.850. The highest BCUT2D eigenvalue weighted by Gasteiger charge is 2.39. The Morgan fingerprint density at radius 1 is 1.53 bits per heavy atom. The molecule has 0 aromatic carbocycles. The van der Waals surface area contributed by atoms with Gasteiger partial charge in [0.2, 0.25) is 10.0 Å². The van der Waals surface area contributed by atoms with Crippen molar-refractivity contribution in [1.82, 2.24) is 8.87 Å². The summed E-state index contributed by atoms with van der Waals surface area (Å²) in [4.78, 5) is 0.299. The fourth-order valence-electron chi connectivity index (χ4n) is 2.31. The van der Waals surface area contributed by atoms with E-state index in [9.17, 15) is 13.5 Å². The van der Waals surface area contributed by atoms with Crippen LogP contribution in [0.4, 0.5) is 0 Å². The summed E-state index contributed by atoms with van der Waals surface area (Å²) in [5, 5.41) is 9.31. The molecular weight excluding hydrogens is 240 g/mol. The van der Waals surface area contributed by atoms with E-state index < -0.39 is 10.0 Å². The van der Waals surface area contributed by atoms with Crippen LogP contribution in [0.25, 0.3) is 0 Å². The van der Waals surface area contributed by atoms with E-state index >= 15 is 0 Å². The van der Waals surface area contributed by atoms with Gasteiger partial charge >= 0.3 is 0 Å². The van der Waals surface area contributed by atoms with E-state index in [1.54, 1.807) is 30.1 Å². The molecule has 0 spiro atoms. The predicted octanol–water partition coefficient (Wildman–Crippen LogP) is 0.416. The second-order valence-electron chi connectivity index (χ2n) is 4.64. The van der Waals surface area contributed by atoms with Crippen LogP contribution in [0.15, 0.2) is 23.4 Å². The molecule has 1 N–H and O–H groups in total. The fraction of sp³-hybridized carbons (Fsp3) is 0.636. The maximum atomic E-state index is 12.4. The number of aromatic nitrogens is 1. The lowest BCUT2D eigenvalue weighted by molar-refractivity contribution is 0.191. The lowest BCUT2D eigenvalue weighted by Crippen LogP contribution is -2.39. The van der Waals surface area contributed by atoms with Crippen LogP contribution in [0, 0.1) is 5.92 Å². The Kier molecular flexibility index (Phi) is 3.29. The molecule has 5 nitrogen and oxygen atoms in total. The summed E-state index contributed by atoms with van der Waals surface area (Å²) in [6.45, 7) is 2.35. The molecule has 96 valence electrons. The Morgan fingerprint density at radius 2 is 2.24 bits per heavy atom. The second-order valence-corrected chi connectivity index (χ2v) is 6.53. The molecule has 0 amide bonds. The maximum Gasteiger partial charge on any atom is 0.244 e. The number of sulfonamides is 1. The number of aryl methyl sites for hydroxylation is 1. The minimum absolute atomic E-state index is 0.118. The quantitative estimate of drug-likeness (QED) is 0.854. The van der Waals surface area contributed by atoms with E-state index in [0.717, 1.165) is 6.42 Å². The molecule has 0 radical (unpaired) electrons. The zero-order valence-electron chi connectivity index (χ0n) is 10.1. The van der Waals surface area contributed by atoms with Crippen LogP contribution in [0.1, 0.15) is 13.3 Å². The van der Waals surface area contributed by atoms with E-state index in [4.69, 9.17) is 0 Å². The Balaban J connectivity index is 2.33. The van der Waals surface area contributed by atoms with E-state index in [0.29, 0.717) is 11.4 Å². The number of hydrogen-bond donors (Lipinski definition) is 1. The van der Waals surface area contributed by atoms with E-state index in [1.807, 2.05) is 6.92 Å². The zero-order valence-corrected chi connectivity index (χ0v) is 10.9. The average molecular weight is 258 g/mol. The number of aliphatic hydroxyl groups is 1. The normalized spacial score (nSPS) is 26.5. The Bertz CT molecular complexity index is 495. The topological polar surface area (TPSA) is 62.5 Å². The summed E-state index contributed by atoms with van der Waals surface area (Å²) >= 11 is 0. The van der Waals surface area contributed by atoms with Crippen LogP contribution >= 0.6 is 0 Å². The first-order valence-corrected chi connectivity index (χ1v) is 7.15. The molecule has 2 rings (SSSR count). The summed E-state index contributed by atoms with van der Waals surface area (Å²) in [6, 6.07) is 1.30. The van der Waals surface area contributed by atoms with Gasteiger partial charge in [-0.25, -0.2) is 8.42 Å². The molecule has 2 unspecified atom stereocenters. The maximum absolute atomic E-state index is 12.4. The van der Waals surface area contributed by atoms with E-state index in [1.165, 1.54) is 4.31 Å². The Labute approximate surface area is 102 Å². The molecule has 17 heavy (non-hydrogen) atoms. The van der Waals surface area contributed by atoms with Gasteiger partial charge in [0.05, 0.1) is 17.5 Å². The molecule has 1 aromatic rings. The van der Waals surface area contributed by atoms with Crippen LogP contribution in [0.2, 0.25) is 0 Å². The molecule has 1 aliphatic rings. The van der Waals surface area contributed by atoms with E-state index in [-0.39, 0.29) is 18.6 Å². The van der Waals surface area contributed by atoms with Crippen molar-refractivity contribution in [3.8, 4) is 0 Å². The highest BCUT2D eigenvalue weighted by atomic mass is 32.2. The SMILES string of the molecule is CC1CCN(S(=O)(=O)c2ccn(C)c2)C1CO. The van der Waals surface area contributed by atoms with E-state index in [2.05, 4.69) is 0 Å². The van der Waals surface area contributed by atoms with Gasteiger partial charge in [0, 0.05) is 26.0 Å². The van der Waals surface area contributed by atoms with Crippen molar-refractivity contribution in [3.63, 3.8) is 0 Å². The summed E-state index contributed by atoms with van der Waals surface area (Å²) in [5.41, 5.74) is 0. The van der Waals surface area contributed by atoms with Gasteiger partial charge in [-0.1, -0.05) is 6.92 Å². The predicted molar refractivity (Wildman–Crippen MR) is 64.0 cm³/mol. The van der Waals surface area contributed by atoms with Crippen LogP contribution in [-0.2, 0) is 17.1 Å². The summed E-state index contributed by atoms with van der Waals surface area (Å²) in [5.74, 6) is 0.207. The van der Waals surface area contributed by atoms with Crippen LogP contribution in [0.3, 0.4) is 0 Å². The summed E-state index contributed by atoms with van der Waals surface area (Å²) in [6.07, 6.45) is 4.10. The van der Waals surface area contributed by atoms with Gasteiger partial charge in [0.25, 0.3) is 0 Å². The van der Waals surface area contributed by atoms with Crippen molar-refractivity contribution in [1.29, 1.82) is 0 Å². The largest absolute Gasteiger partial charge is 0.395 e. The molecule has 2 atom stereocenters. The van der Waals surface area contributed by atoms with Crippen molar-refractivity contribution in [2.24, 2.45) is 13.0 Å². The molecule has 0 bridgehead atoms. The van der Waals surface area contributed by atoms with Crippen LogP contribution in [-0.4, -0.2) is 41.6 Å². The molecule has 6 heteroatoms. The summed E-state index contributed by atoms with van der Waals surface area (Å²) in [7, 11) is -1.67. The first kappa shape index (κ1) is 12.6. The minimum Gasteiger partial charge on any atom is -0.395 e. The molecule has 1 aromatic heterocycles. The van der Waals surface area contributed by atoms with Crippen LogP contribution < -0.4 is 0 Å². The molecule has 1 aliphatic heterocycles. The van der Waals surface area contributed by atoms with Crippen molar-refractivity contribution < 1.29 is 13.5 Å². The van der Waals surface area contributed by atoms with Gasteiger partial charge in [-0.2, -0.15) is 4.31 Å². The Morgan fingerprint density at radius 3 is 2.76 bits per heavy atom. The van der Waals surface area contributed by atoms with Crippen LogP contribution in [0.5, 0.6) is 0 Å². The molecule has 0 saturated carbocycles. The molecule has 2 heterocycles. The number of nitrogens with zero attached hydrogens (tertiary/aromatic N) is 2. The number of rotatable bonds is 3. The molecule has 1 saturated heterocycles. The minimum atomic E-state index is -3.46. The van der Waals surface area contributed by atoms with Gasteiger partial charge < -0.3 is 9.67 Å². The molecular formula is C11H18N2O3S. The fourth-order valence-corrected chi connectivity index (χ4v) is 4.09. The third-order valence-electron chi connectivity index (χ3n) is 3.43. The zero-order chi connectivity index (χ0) is 12.6. The van der Waals surface area contributed by atoms with Crippen molar-refractivity contribution in [2.45, 2.75) is 24.3 Å². The number of aliphatic hydroxyl groups excluding tert-OH is 1. The number of hydrogen-bond acceptors (Lipinski definition) is 3. The first-order valence-electron chi connectivity index (χ1n) is 5.71. The summed E-state index contributed by atoms with van der Waals surface area (Å²) < 4.78 is 27.9.